The lowest BCUT2D eigenvalue weighted by Gasteiger charge is -2.08. The van der Waals surface area contributed by atoms with Crippen molar-refractivity contribution in [2.24, 2.45) is 0 Å². The number of carbonyl (C=O) groups excluding carboxylic acids is 2. The molecule has 126 valence electrons. The minimum Gasteiger partial charge on any atom is -0.480 e. The number of aromatic nitrogens is 1. The Kier molecular flexibility index (Phi) is 5.06. The van der Waals surface area contributed by atoms with E-state index in [1.807, 2.05) is 11.4 Å². The molecule has 0 bridgehead atoms. The van der Waals surface area contributed by atoms with E-state index in [1.165, 1.54) is 24.6 Å². The zero-order chi connectivity index (χ0) is 17.6. The van der Waals surface area contributed by atoms with E-state index in [0.717, 1.165) is 0 Å². The van der Waals surface area contributed by atoms with Gasteiger partial charge in [-0.25, -0.2) is 9.78 Å². The summed E-state index contributed by atoms with van der Waals surface area (Å²) in [5, 5.41) is 4.61. The van der Waals surface area contributed by atoms with E-state index in [1.54, 1.807) is 42.5 Å². The molecule has 1 amide bonds. The van der Waals surface area contributed by atoms with E-state index in [4.69, 9.17) is 9.47 Å². The Morgan fingerprint density at radius 3 is 2.56 bits per heavy atom. The number of amides is 1. The van der Waals surface area contributed by atoms with Crippen molar-refractivity contribution in [2.75, 3.05) is 12.4 Å². The molecule has 6 nitrogen and oxygen atoms in total. The molecule has 0 aliphatic rings. The lowest BCUT2D eigenvalue weighted by Crippen LogP contribution is -2.11. The van der Waals surface area contributed by atoms with Crippen molar-refractivity contribution in [3.05, 3.63) is 70.5 Å². The van der Waals surface area contributed by atoms with Gasteiger partial charge in [-0.05, 0) is 47.8 Å². The zero-order valence-electron chi connectivity index (χ0n) is 13.3. The van der Waals surface area contributed by atoms with Crippen LogP contribution >= 0.6 is 11.3 Å². The molecule has 0 saturated heterocycles. The first-order valence-corrected chi connectivity index (χ1v) is 8.21. The fraction of sp³-hybridized carbons (Fsp3) is 0.0556. The summed E-state index contributed by atoms with van der Waals surface area (Å²) < 4.78 is 10.3. The molecule has 0 saturated carbocycles. The monoisotopic (exact) mass is 354 g/mol. The van der Waals surface area contributed by atoms with Gasteiger partial charge in [-0.15, -0.1) is 11.3 Å². The van der Waals surface area contributed by atoms with Gasteiger partial charge in [-0.2, -0.15) is 0 Å². The molecule has 1 aromatic carbocycles. The minimum atomic E-state index is -0.569. The number of anilines is 1. The van der Waals surface area contributed by atoms with Crippen LogP contribution in [0.25, 0.3) is 0 Å². The first kappa shape index (κ1) is 16.7. The fourth-order valence-corrected chi connectivity index (χ4v) is 2.70. The summed E-state index contributed by atoms with van der Waals surface area (Å²) in [7, 11) is 1.43. The molecule has 1 N–H and O–H groups in total. The maximum absolute atomic E-state index is 12.2. The average Bonchev–Trinajstić information content (AvgIpc) is 3.18. The van der Waals surface area contributed by atoms with Crippen LogP contribution in [0.5, 0.6) is 11.6 Å². The Morgan fingerprint density at radius 1 is 1.08 bits per heavy atom. The van der Waals surface area contributed by atoms with E-state index in [0.29, 0.717) is 16.3 Å². The highest BCUT2D eigenvalue weighted by molar-refractivity contribution is 7.12. The van der Waals surface area contributed by atoms with Crippen LogP contribution in [0.3, 0.4) is 0 Å². The number of benzene rings is 1. The van der Waals surface area contributed by atoms with Crippen LogP contribution < -0.4 is 14.8 Å². The Bertz CT molecular complexity index is 876. The van der Waals surface area contributed by atoms with Gasteiger partial charge < -0.3 is 14.8 Å². The van der Waals surface area contributed by atoms with Crippen molar-refractivity contribution in [1.29, 1.82) is 0 Å². The second kappa shape index (κ2) is 7.59. The number of nitrogens with one attached hydrogen (secondary N) is 1. The summed E-state index contributed by atoms with van der Waals surface area (Å²) in [4.78, 5) is 28.8. The minimum absolute atomic E-state index is 0.181. The van der Waals surface area contributed by atoms with Crippen molar-refractivity contribution in [2.45, 2.75) is 0 Å². The van der Waals surface area contributed by atoms with Crippen LogP contribution in [0.2, 0.25) is 0 Å². The van der Waals surface area contributed by atoms with Crippen LogP contribution in [-0.4, -0.2) is 24.0 Å². The molecule has 3 rings (SSSR count). The van der Waals surface area contributed by atoms with Gasteiger partial charge in [-0.1, -0.05) is 6.07 Å². The van der Waals surface area contributed by atoms with E-state index < -0.39 is 5.97 Å². The van der Waals surface area contributed by atoms with Crippen molar-refractivity contribution >= 4 is 28.9 Å². The molecule has 2 heterocycles. The number of carbonyl (C=O) groups is 2. The van der Waals surface area contributed by atoms with Gasteiger partial charge in [0, 0.05) is 11.9 Å². The van der Waals surface area contributed by atoms with Crippen LogP contribution in [0, 0.1) is 0 Å². The lowest BCUT2D eigenvalue weighted by molar-refractivity contribution is 0.0730. The molecule has 3 aromatic rings. The molecular weight excluding hydrogens is 340 g/mol. The van der Waals surface area contributed by atoms with Crippen molar-refractivity contribution in [3.63, 3.8) is 0 Å². The molecule has 0 spiro atoms. The van der Waals surface area contributed by atoms with Gasteiger partial charge in [0.1, 0.15) is 11.3 Å². The number of nitrogens with zero attached hydrogens (tertiary/aromatic N) is 1. The quantitative estimate of drug-likeness (QED) is 0.559. The number of rotatable bonds is 5. The van der Waals surface area contributed by atoms with Crippen LogP contribution in [0.15, 0.2) is 60.1 Å². The highest BCUT2D eigenvalue weighted by Crippen LogP contribution is 2.21. The highest BCUT2D eigenvalue weighted by atomic mass is 32.1. The first-order chi connectivity index (χ1) is 12.2. The molecular formula is C18H14N2O4S. The summed E-state index contributed by atoms with van der Waals surface area (Å²) in [5.41, 5.74) is 0.845. The van der Waals surface area contributed by atoms with E-state index in [9.17, 15) is 9.59 Å². The molecule has 0 fully saturated rings. The number of hydrogen-bond acceptors (Lipinski definition) is 6. The summed E-state index contributed by atoms with van der Waals surface area (Å²) in [5.74, 6) is -0.197. The number of hydrogen-bond donors (Lipinski definition) is 1. The standard InChI is InChI=1S/C18H14N2O4S/c1-23-17-14(4-2-10-19-17)18(22)24-13-8-6-12(7-9-13)20-16(21)15-5-3-11-25-15/h2-11H,1H3,(H,20,21). The van der Waals surface area contributed by atoms with Gasteiger partial charge >= 0.3 is 5.97 Å². The summed E-state index contributed by atoms with van der Waals surface area (Å²) in [6.07, 6.45) is 1.53. The molecule has 25 heavy (non-hydrogen) atoms. The van der Waals surface area contributed by atoms with Crippen LogP contribution in [0.1, 0.15) is 20.0 Å². The molecule has 0 atom stereocenters. The van der Waals surface area contributed by atoms with Gasteiger partial charge in [0.25, 0.3) is 5.91 Å². The Morgan fingerprint density at radius 2 is 1.88 bits per heavy atom. The third-order valence-corrected chi connectivity index (χ3v) is 4.12. The van der Waals surface area contributed by atoms with E-state index >= 15 is 0 Å². The van der Waals surface area contributed by atoms with Gasteiger partial charge in [-0.3, -0.25) is 4.79 Å². The van der Waals surface area contributed by atoms with Crippen molar-refractivity contribution < 1.29 is 19.1 Å². The largest absolute Gasteiger partial charge is 0.480 e. The number of ether oxygens (including phenoxy) is 2. The van der Waals surface area contributed by atoms with Crippen molar-refractivity contribution in [1.82, 2.24) is 4.98 Å². The predicted octanol–water partition coefficient (Wildman–Crippen LogP) is 3.62. The number of methoxy groups -OCH3 is 1. The predicted molar refractivity (Wildman–Crippen MR) is 94.5 cm³/mol. The summed E-state index contributed by atoms with van der Waals surface area (Å²) in [6.45, 7) is 0. The van der Waals surface area contributed by atoms with Crippen molar-refractivity contribution in [3.8, 4) is 11.6 Å². The second-order valence-corrected chi connectivity index (χ2v) is 5.85. The number of esters is 1. The van der Waals surface area contributed by atoms with Gasteiger partial charge in [0.15, 0.2) is 0 Å². The molecule has 0 aliphatic heterocycles. The average molecular weight is 354 g/mol. The Balaban J connectivity index is 1.66. The Labute approximate surface area is 148 Å². The zero-order valence-corrected chi connectivity index (χ0v) is 14.1. The number of thiophene rings is 1. The third kappa shape index (κ3) is 4.02. The van der Waals surface area contributed by atoms with Crippen LogP contribution in [0.4, 0.5) is 5.69 Å². The van der Waals surface area contributed by atoms with E-state index in [2.05, 4.69) is 10.3 Å². The lowest BCUT2D eigenvalue weighted by atomic mass is 10.2. The molecule has 7 heteroatoms. The first-order valence-electron chi connectivity index (χ1n) is 7.33. The molecule has 0 unspecified atom stereocenters. The second-order valence-electron chi connectivity index (χ2n) is 4.91. The fourth-order valence-electron chi connectivity index (χ4n) is 2.08. The van der Waals surface area contributed by atoms with Crippen LogP contribution in [-0.2, 0) is 0 Å². The van der Waals surface area contributed by atoms with E-state index in [-0.39, 0.29) is 17.4 Å². The van der Waals surface area contributed by atoms with Gasteiger partial charge in [0.05, 0.1) is 12.0 Å². The van der Waals surface area contributed by atoms with Gasteiger partial charge in [0.2, 0.25) is 5.88 Å². The molecule has 0 radical (unpaired) electrons. The summed E-state index contributed by atoms with van der Waals surface area (Å²) >= 11 is 1.36. The SMILES string of the molecule is COc1ncccc1C(=O)Oc1ccc(NC(=O)c2cccs2)cc1. The number of pyridine rings is 1. The topological polar surface area (TPSA) is 77.5 Å². The summed E-state index contributed by atoms with van der Waals surface area (Å²) in [6, 6.07) is 13.3. The molecule has 0 aliphatic carbocycles. The maximum atomic E-state index is 12.2. The normalized spacial score (nSPS) is 10.1. The Hall–Kier alpha value is -3.19. The maximum Gasteiger partial charge on any atom is 0.349 e. The molecule has 2 aromatic heterocycles. The highest BCUT2D eigenvalue weighted by Gasteiger charge is 2.15. The third-order valence-electron chi connectivity index (χ3n) is 3.25. The smallest absolute Gasteiger partial charge is 0.349 e.